The lowest BCUT2D eigenvalue weighted by Crippen LogP contribution is -2.42. The number of halogens is 2. The van der Waals surface area contributed by atoms with Crippen LogP contribution in [-0.2, 0) is 20.7 Å². The summed E-state index contributed by atoms with van der Waals surface area (Å²) in [5, 5.41) is 0.0447. The molecule has 15 heteroatoms. The normalized spacial score (nSPS) is 18.8. The van der Waals surface area contributed by atoms with Gasteiger partial charge in [0.1, 0.15) is 34.5 Å². The average molecular weight is 596 g/mol. The summed E-state index contributed by atoms with van der Waals surface area (Å²) in [4.78, 5) is 19.1. The van der Waals surface area contributed by atoms with Gasteiger partial charge in [-0.2, -0.15) is 18.2 Å². The number of piperidine rings is 1. The Bertz CT molecular complexity index is 1510. The maximum absolute atomic E-state index is 14.1. The number of benzene rings is 1. The third-order valence-electron chi connectivity index (χ3n) is 6.17. The number of likely N-dealkylation sites (tertiary alicyclic amines) is 1. The number of hydrogen-bond donors (Lipinski definition) is 2. The lowest BCUT2D eigenvalue weighted by molar-refractivity contribution is 0.0791. The van der Waals surface area contributed by atoms with Crippen molar-refractivity contribution >= 4 is 49.7 Å². The number of nitrogens with zero attached hydrogens (tertiary/aromatic N) is 6. The van der Waals surface area contributed by atoms with Crippen molar-refractivity contribution in [2.75, 3.05) is 24.8 Å². The van der Waals surface area contributed by atoms with Crippen LogP contribution in [0.25, 0.3) is 10.4 Å². The first-order valence-corrected chi connectivity index (χ1v) is 15.5. The fourth-order valence-corrected chi connectivity index (χ4v) is 6.35. The maximum atomic E-state index is 14.1. The van der Waals surface area contributed by atoms with E-state index in [4.69, 9.17) is 22.9 Å². The number of sulfonamides is 1. The van der Waals surface area contributed by atoms with Gasteiger partial charge in [0, 0.05) is 29.7 Å². The molecule has 11 nitrogen and oxygen atoms in total. The van der Waals surface area contributed by atoms with Gasteiger partial charge in [-0.05, 0) is 68.8 Å². The van der Waals surface area contributed by atoms with E-state index in [0.717, 1.165) is 43.0 Å². The lowest BCUT2D eigenvalue weighted by Gasteiger charge is -2.34. The summed E-state index contributed by atoms with van der Waals surface area (Å²) in [7, 11) is -4.89. The number of anilines is 1. The first-order valence-electron chi connectivity index (χ1n) is 12.1. The second-order valence-electron chi connectivity index (χ2n) is 9.23. The van der Waals surface area contributed by atoms with Crippen LogP contribution in [0.1, 0.15) is 39.4 Å². The average Bonchev–Trinajstić information content (AvgIpc) is 3.28. The van der Waals surface area contributed by atoms with Crippen LogP contribution in [0.4, 0.5) is 10.2 Å². The number of hydrogen-bond acceptors (Lipinski definition) is 9. The Balaban J connectivity index is 1.57. The highest BCUT2D eigenvalue weighted by molar-refractivity contribution is 7.90. The predicted molar refractivity (Wildman–Crippen MR) is 151 cm³/mol. The molecule has 0 radical (unpaired) electrons. The molecule has 39 heavy (non-hydrogen) atoms. The van der Waals surface area contributed by atoms with E-state index >= 15 is 0 Å². The van der Waals surface area contributed by atoms with Gasteiger partial charge in [0.25, 0.3) is 0 Å². The van der Waals surface area contributed by atoms with Gasteiger partial charge in [0.15, 0.2) is 11.6 Å². The molecule has 1 unspecified atom stereocenters. The Morgan fingerprint density at radius 2 is 2.10 bits per heavy atom. The van der Waals surface area contributed by atoms with Gasteiger partial charge in [-0.3, -0.25) is 5.43 Å². The molecule has 1 aromatic heterocycles. The molecule has 1 aromatic carbocycles. The zero-order valence-electron chi connectivity index (χ0n) is 21.9. The van der Waals surface area contributed by atoms with Crippen LogP contribution in [0.5, 0.6) is 5.88 Å². The fraction of sp³-hybridized carbons (Fsp3) is 0.417. The van der Waals surface area contributed by atoms with Crippen molar-refractivity contribution in [3.63, 3.8) is 0 Å². The standard InChI is InChI=1S/C24H29ClFN8O3S2/c1-14(2)34-10-8-17(9-11-34)37-23-20-22(31-33-38(20)5)29-21(30-23)15(3)13-28-24(27-4)32-39(35,36)19-12-16(25)6-7-18(19)26/h4,6-7,12-14,17H,8-11H2,1-3,5H3,(H,28,32)(H,29,30,31)/q+1/b15-13+. The van der Waals surface area contributed by atoms with Crippen molar-refractivity contribution < 1.29 is 17.5 Å². The fourth-order valence-electron chi connectivity index (χ4n) is 4.01. The molecule has 2 aromatic rings. The number of nitrogens with one attached hydrogen (secondary N) is 2. The summed E-state index contributed by atoms with van der Waals surface area (Å²) >= 11 is 5.82. The predicted octanol–water partition coefficient (Wildman–Crippen LogP) is 4.31. The Labute approximate surface area is 234 Å². The first kappa shape index (κ1) is 28.9. The Kier molecular flexibility index (Phi) is 8.85. The van der Waals surface area contributed by atoms with Gasteiger partial charge in [-0.25, -0.2) is 9.37 Å². The van der Waals surface area contributed by atoms with Crippen LogP contribution in [0.2, 0.25) is 5.02 Å². The molecule has 4 rings (SSSR count). The van der Waals surface area contributed by atoms with Crippen LogP contribution in [-0.4, -0.2) is 60.7 Å². The molecule has 0 saturated carbocycles. The van der Waals surface area contributed by atoms with E-state index < -0.39 is 37.4 Å². The Hall–Kier alpha value is -3.12. The summed E-state index contributed by atoms with van der Waals surface area (Å²) in [6, 6.07) is 3.63. The van der Waals surface area contributed by atoms with E-state index in [1.807, 2.05) is 6.26 Å². The van der Waals surface area contributed by atoms with Crippen LogP contribution < -0.4 is 14.9 Å². The second-order valence-corrected chi connectivity index (χ2v) is 12.9. The van der Waals surface area contributed by atoms with Crippen LogP contribution >= 0.6 is 11.6 Å². The summed E-state index contributed by atoms with van der Waals surface area (Å²) in [6.07, 6.45) is 5.01. The minimum atomic E-state index is -4.40. The molecule has 0 spiro atoms. The molecule has 0 amide bonds. The molecule has 0 bridgehead atoms. The maximum Gasteiger partial charge on any atom is 0.503 e. The smallest absolute Gasteiger partial charge is 0.473 e. The number of ether oxygens (including phenoxy) is 1. The SMILES string of the molecule is C#[N+]/C(=N\C=C(/C)c1nc2c(c(OC3CCN(C(C)C)CC3)n1)S(C)=NN2)NS(=O)(=O)c1cc(Cl)ccc1F. The molecule has 2 aliphatic heterocycles. The largest absolute Gasteiger partial charge is 0.503 e. The van der Waals surface area contributed by atoms with Gasteiger partial charge in [0.05, 0.1) is 0 Å². The van der Waals surface area contributed by atoms with Crippen LogP contribution in [0.15, 0.2) is 43.7 Å². The lowest BCUT2D eigenvalue weighted by atomic mass is 10.1. The summed E-state index contributed by atoms with van der Waals surface area (Å²) in [5.74, 6) is -0.176. The van der Waals surface area contributed by atoms with Gasteiger partial charge < -0.3 is 9.64 Å². The number of fused-ring (bicyclic) bond motifs is 1. The van der Waals surface area contributed by atoms with E-state index in [2.05, 4.69) is 53.2 Å². The van der Waals surface area contributed by atoms with Crippen molar-refractivity contribution in [2.45, 2.75) is 55.5 Å². The molecule has 1 saturated heterocycles. The van der Waals surface area contributed by atoms with Crippen molar-refractivity contribution in [2.24, 2.45) is 9.46 Å². The number of allylic oxidation sites excluding steroid dienone is 1. The third-order valence-corrected chi connectivity index (χ3v) is 9.07. The van der Waals surface area contributed by atoms with Crippen LogP contribution in [0, 0.1) is 12.4 Å². The Morgan fingerprint density at radius 3 is 2.77 bits per heavy atom. The van der Waals surface area contributed by atoms with Crippen molar-refractivity contribution in [3.8, 4) is 12.5 Å². The molecule has 1 atom stereocenters. The highest BCUT2D eigenvalue weighted by atomic mass is 35.5. The highest BCUT2D eigenvalue weighted by Gasteiger charge is 2.29. The highest BCUT2D eigenvalue weighted by Crippen LogP contribution is 2.34. The topological polar surface area (TPSA) is 126 Å². The molecule has 2 aliphatic rings. The monoisotopic (exact) mass is 595 g/mol. The van der Waals surface area contributed by atoms with E-state index in [-0.39, 0.29) is 11.1 Å². The molecule has 208 valence electrons. The van der Waals surface area contributed by atoms with Crippen LogP contribution in [0.3, 0.4) is 0 Å². The zero-order chi connectivity index (χ0) is 28.3. The number of guanidine groups is 1. The van der Waals surface area contributed by atoms with Gasteiger partial charge in [0.2, 0.25) is 5.88 Å². The number of aromatic nitrogens is 2. The number of rotatable bonds is 7. The van der Waals surface area contributed by atoms with Crippen molar-refractivity contribution in [3.05, 3.63) is 45.9 Å². The van der Waals surface area contributed by atoms with E-state index in [9.17, 15) is 12.8 Å². The van der Waals surface area contributed by atoms with E-state index in [1.54, 1.807) is 6.92 Å². The molecular formula is C24H29ClFN8O3S2+. The molecule has 2 N–H and O–H groups in total. The Morgan fingerprint density at radius 1 is 1.38 bits per heavy atom. The second kappa shape index (κ2) is 12.0. The zero-order valence-corrected chi connectivity index (χ0v) is 24.2. The molecular weight excluding hydrogens is 567 g/mol. The molecule has 3 heterocycles. The number of aliphatic imine (C=N–C) groups is 1. The van der Waals surface area contributed by atoms with Gasteiger partial charge >= 0.3 is 16.0 Å². The minimum Gasteiger partial charge on any atom is -0.473 e. The minimum absolute atomic E-state index is 0.00990. The quantitative estimate of drug-likeness (QED) is 0.361. The van der Waals surface area contributed by atoms with Gasteiger partial charge in [-0.1, -0.05) is 16.6 Å². The summed E-state index contributed by atoms with van der Waals surface area (Å²) in [5.41, 5.74) is 3.41. The third kappa shape index (κ3) is 6.73. The molecule has 0 aliphatic carbocycles. The van der Waals surface area contributed by atoms with E-state index in [1.165, 1.54) is 12.3 Å². The van der Waals surface area contributed by atoms with Crippen molar-refractivity contribution in [1.29, 1.82) is 0 Å². The molecule has 1 fully saturated rings. The van der Waals surface area contributed by atoms with Crippen molar-refractivity contribution in [1.82, 2.24) is 19.6 Å². The van der Waals surface area contributed by atoms with E-state index in [0.29, 0.717) is 29.1 Å². The van der Waals surface area contributed by atoms with Gasteiger partial charge in [-0.15, -0.1) is 9.19 Å². The summed E-state index contributed by atoms with van der Waals surface area (Å²) < 4.78 is 52.2. The summed E-state index contributed by atoms with van der Waals surface area (Å²) in [6.45, 7) is 13.3. The first-order chi connectivity index (χ1) is 18.5.